The molecule has 0 radical (unpaired) electrons. The van der Waals surface area contributed by atoms with Gasteiger partial charge in [0.25, 0.3) is 0 Å². The molecule has 0 aliphatic rings. The Kier molecular flexibility index (Phi) is 2.57. The second kappa shape index (κ2) is 3.49. The van der Waals surface area contributed by atoms with Crippen LogP contribution in [0.4, 0.5) is 5.69 Å². The van der Waals surface area contributed by atoms with E-state index in [2.05, 4.69) is 0 Å². The second-order valence-electron chi connectivity index (χ2n) is 2.23. The zero-order valence-electron chi connectivity index (χ0n) is 6.65. The first-order valence-electron chi connectivity index (χ1n) is 3.27. The lowest BCUT2D eigenvalue weighted by molar-refractivity contribution is -0.385. The van der Waals surface area contributed by atoms with E-state index >= 15 is 0 Å². The van der Waals surface area contributed by atoms with Gasteiger partial charge in [-0.15, -0.1) is 0 Å². The fraction of sp³-hybridized carbons (Fsp3) is 0.143. The number of aromatic hydroxyl groups is 1. The third kappa shape index (κ3) is 1.81. The number of phenols is 1. The van der Waals surface area contributed by atoms with Gasteiger partial charge in [0.2, 0.25) is 5.75 Å². The Hall–Kier alpha value is -1.49. The van der Waals surface area contributed by atoms with E-state index in [-0.39, 0.29) is 10.8 Å². The fourth-order valence-corrected chi connectivity index (χ4v) is 1.02. The molecule has 5 nitrogen and oxygen atoms in total. The van der Waals surface area contributed by atoms with Crippen molar-refractivity contribution in [2.75, 3.05) is 7.11 Å². The van der Waals surface area contributed by atoms with Crippen LogP contribution in [0.3, 0.4) is 0 Å². The maximum Gasteiger partial charge on any atom is 0.315 e. The normalized spacial score (nSPS) is 9.69. The zero-order chi connectivity index (χ0) is 10.0. The predicted octanol–water partition coefficient (Wildman–Crippen LogP) is 1.96. The molecule has 0 aliphatic heterocycles. The first-order chi connectivity index (χ1) is 6.06. The van der Waals surface area contributed by atoms with Crippen LogP contribution >= 0.6 is 11.6 Å². The van der Waals surface area contributed by atoms with Gasteiger partial charge in [0, 0.05) is 6.07 Å². The third-order valence-corrected chi connectivity index (χ3v) is 1.74. The van der Waals surface area contributed by atoms with Gasteiger partial charge in [0.15, 0.2) is 0 Å². The van der Waals surface area contributed by atoms with Crippen LogP contribution in [0.15, 0.2) is 12.1 Å². The van der Waals surface area contributed by atoms with Crippen molar-refractivity contribution in [3.63, 3.8) is 0 Å². The molecule has 0 unspecified atom stereocenters. The minimum Gasteiger partial charge on any atom is -0.501 e. The molecule has 0 amide bonds. The summed E-state index contributed by atoms with van der Waals surface area (Å²) in [6.45, 7) is 0. The molecule has 1 aromatic rings. The summed E-state index contributed by atoms with van der Waals surface area (Å²) < 4.78 is 4.74. The van der Waals surface area contributed by atoms with Crippen LogP contribution in [0.1, 0.15) is 0 Å². The molecule has 0 aliphatic carbocycles. The largest absolute Gasteiger partial charge is 0.501 e. The van der Waals surface area contributed by atoms with E-state index in [0.717, 1.165) is 6.07 Å². The van der Waals surface area contributed by atoms with E-state index < -0.39 is 16.4 Å². The smallest absolute Gasteiger partial charge is 0.315 e. The van der Waals surface area contributed by atoms with Gasteiger partial charge in [-0.25, -0.2) is 0 Å². The summed E-state index contributed by atoms with van der Waals surface area (Å²) in [5.74, 6) is -0.318. The van der Waals surface area contributed by atoms with Crippen LogP contribution in [-0.4, -0.2) is 17.1 Å². The van der Waals surface area contributed by atoms with E-state index in [0.29, 0.717) is 0 Å². The number of benzene rings is 1. The van der Waals surface area contributed by atoms with Gasteiger partial charge in [-0.2, -0.15) is 0 Å². The van der Waals surface area contributed by atoms with E-state index in [9.17, 15) is 10.1 Å². The Morgan fingerprint density at radius 1 is 1.62 bits per heavy atom. The maximum atomic E-state index is 10.4. The first kappa shape index (κ1) is 9.60. The number of hydrogen-bond acceptors (Lipinski definition) is 4. The van der Waals surface area contributed by atoms with Gasteiger partial charge in [-0.3, -0.25) is 10.1 Å². The van der Waals surface area contributed by atoms with E-state index in [4.69, 9.17) is 21.4 Å². The van der Waals surface area contributed by atoms with Crippen LogP contribution < -0.4 is 4.74 Å². The van der Waals surface area contributed by atoms with Crippen LogP contribution in [0, 0.1) is 10.1 Å². The molecule has 0 bridgehead atoms. The summed E-state index contributed by atoms with van der Waals surface area (Å²) >= 11 is 5.51. The quantitative estimate of drug-likeness (QED) is 0.589. The molecule has 6 heteroatoms. The van der Waals surface area contributed by atoms with Crippen LogP contribution in [-0.2, 0) is 0 Å². The van der Waals surface area contributed by atoms with Gasteiger partial charge < -0.3 is 9.84 Å². The molecule has 13 heavy (non-hydrogen) atoms. The number of nitrogens with zero attached hydrogens (tertiary/aromatic N) is 1. The third-order valence-electron chi connectivity index (χ3n) is 1.45. The molecule has 0 saturated carbocycles. The van der Waals surface area contributed by atoms with Crippen LogP contribution in [0.2, 0.25) is 5.02 Å². The van der Waals surface area contributed by atoms with Gasteiger partial charge in [-0.1, -0.05) is 11.6 Å². The standard InChI is InChI=1S/C7H6ClNO4/c1-13-4-2-5(8)7(10)6(3-4)9(11)12/h2-3,10H,1H3. The minimum atomic E-state index is -0.732. The Bertz CT molecular complexity index is 353. The zero-order valence-corrected chi connectivity index (χ0v) is 7.41. The molecule has 0 aromatic heterocycles. The predicted molar refractivity (Wildman–Crippen MR) is 46.3 cm³/mol. The Morgan fingerprint density at radius 2 is 2.23 bits per heavy atom. The van der Waals surface area contributed by atoms with Crippen molar-refractivity contribution in [3.8, 4) is 11.5 Å². The van der Waals surface area contributed by atoms with Gasteiger partial charge >= 0.3 is 5.69 Å². The number of ether oxygens (including phenoxy) is 1. The van der Waals surface area contributed by atoms with Crippen molar-refractivity contribution in [3.05, 3.63) is 27.3 Å². The van der Waals surface area contributed by atoms with E-state index in [1.165, 1.54) is 13.2 Å². The van der Waals surface area contributed by atoms with Gasteiger partial charge in [0.1, 0.15) is 5.75 Å². The molecule has 1 aromatic carbocycles. The van der Waals surface area contributed by atoms with Crippen LogP contribution in [0.5, 0.6) is 11.5 Å². The van der Waals surface area contributed by atoms with Crippen LogP contribution in [0.25, 0.3) is 0 Å². The molecule has 1 rings (SSSR count). The lowest BCUT2D eigenvalue weighted by atomic mass is 10.3. The van der Waals surface area contributed by atoms with Crippen molar-refractivity contribution in [2.45, 2.75) is 0 Å². The molecule has 0 atom stereocenters. The number of phenolic OH excluding ortho intramolecular Hbond substituents is 1. The number of nitro groups is 1. The highest BCUT2D eigenvalue weighted by Crippen LogP contribution is 2.37. The highest BCUT2D eigenvalue weighted by Gasteiger charge is 2.18. The number of halogens is 1. The molecule has 70 valence electrons. The van der Waals surface area contributed by atoms with Gasteiger partial charge in [-0.05, 0) is 0 Å². The number of methoxy groups -OCH3 is 1. The summed E-state index contributed by atoms with van der Waals surface area (Å²) in [7, 11) is 1.35. The topological polar surface area (TPSA) is 72.6 Å². The van der Waals surface area contributed by atoms with E-state index in [1.54, 1.807) is 0 Å². The van der Waals surface area contributed by atoms with Crippen molar-refractivity contribution in [1.29, 1.82) is 0 Å². The van der Waals surface area contributed by atoms with Gasteiger partial charge in [0.05, 0.1) is 23.1 Å². The fourth-order valence-electron chi connectivity index (χ4n) is 0.817. The molecular weight excluding hydrogens is 198 g/mol. The number of nitro benzene ring substituents is 1. The minimum absolute atomic E-state index is 0.106. The summed E-state index contributed by atoms with van der Waals surface area (Å²) in [5, 5.41) is 19.4. The molecule has 0 heterocycles. The maximum absolute atomic E-state index is 10.4. The Labute approximate surface area is 78.7 Å². The summed E-state index contributed by atoms with van der Waals surface area (Å²) in [5.41, 5.74) is -0.468. The molecular formula is C7H6ClNO4. The summed E-state index contributed by atoms with van der Waals surface area (Å²) in [6, 6.07) is 2.39. The average Bonchev–Trinajstić information content (AvgIpc) is 2.09. The Morgan fingerprint density at radius 3 is 2.69 bits per heavy atom. The molecule has 0 saturated heterocycles. The second-order valence-corrected chi connectivity index (χ2v) is 2.64. The molecule has 1 N–H and O–H groups in total. The van der Waals surface area contributed by atoms with E-state index in [1.807, 2.05) is 0 Å². The average molecular weight is 204 g/mol. The number of rotatable bonds is 2. The highest BCUT2D eigenvalue weighted by atomic mass is 35.5. The first-order valence-corrected chi connectivity index (χ1v) is 3.65. The summed E-state index contributed by atoms with van der Waals surface area (Å²) in [4.78, 5) is 9.64. The monoisotopic (exact) mass is 203 g/mol. The highest BCUT2D eigenvalue weighted by molar-refractivity contribution is 6.32. The lowest BCUT2D eigenvalue weighted by Gasteiger charge is -2.02. The van der Waals surface area contributed by atoms with Crippen molar-refractivity contribution < 1.29 is 14.8 Å². The lowest BCUT2D eigenvalue weighted by Crippen LogP contribution is -1.91. The summed E-state index contributed by atoms with van der Waals surface area (Å²) in [6.07, 6.45) is 0. The molecule has 0 spiro atoms. The SMILES string of the molecule is COc1cc(Cl)c(O)c([N+](=O)[O-])c1. The van der Waals surface area contributed by atoms with Crippen molar-refractivity contribution in [1.82, 2.24) is 0 Å². The number of hydrogen-bond donors (Lipinski definition) is 1. The van der Waals surface area contributed by atoms with Crippen molar-refractivity contribution >= 4 is 17.3 Å². The molecule has 0 fully saturated rings. The Balaban J connectivity index is 3.33. The van der Waals surface area contributed by atoms with Crippen molar-refractivity contribution in [2.24, 2.45) is 0 Å².